The molecule has 0 radical (unpaired) electrons. The highest BCUT2D eigenvalue weighted by Crippen LogP contribution is 2.38. The quantitative estimate of drug-likeness (QED) is 0.0527. The van der Waals surface area contributed by atoms with Crippen molar-refractivity contribution in [2.45, 2.75) is 167 Å². The van der Waals surface area contributed by atoms with Crippen LogP contribution < -0.4 is 9.47 Å². The number of rotatable bonds is 18. The predicted octanol–water partition coefficient (Wildman–Crippen LogP) is 10.3. The van der Waals surface area contributed by atoms with E-state index in [9.17, 15) is 19.2 Å². The molecular formula is C56H76N2O12. The number of aryl methyl sites for hydroxylation is 1. The summed E-state index contributed by atoms with van der Waals surface area (Å²) >= 11 is 0. The average molecular weight is 969 g/mol. The van der Waals surface area contributed by atoms with E-state index in [0.29, 0.717) is 38.5 Å². The molecule has 0 saturated carbocycles. The summed E-state index contributed by atoms with van der Waals surface area (Å²) in [6.45, 7) is 27.5. The second-order valence-electron chi connectivity index (χ2n) is 22.5. The zero-order chi connectivity index (χ0) is 51.8. The van der Waals surface area contributed by atoms with Gasteiger partial charge in [-0.25, -0.2) is 0 Å². The van der Waals surface area contributed by atoms with E-state index >= 15 is 0 Å². The first-order chi connectivity index (χ1) is 32.6. The largest absolute Gasteiger partial charge is 0.489 e. The van der Waals surface area contributed by atoms with Crippen LogP contribution in [0, 0.1) is 28.6 Å². The molecular weight excluding hydrogens is 893 g/mol. The van der Waals surface area contributed by atoms with Gasteiger partial charge < -0.3 is 37.9 Å². The van der Waals surface area contributed by atoms with Crippen molar-refractivity contribution < 1.29 is 57.1 Å². The minimum absolute atomic E-state index is 0.0733. The summed E-state index contributed by atoms with van der Waals surface area (Å²) in [6, 6.07) is 25.8. The lowest BCUT2D eigenvalue weighted by Gasteiger charge is -2.45. The van der Waals surface area contributed by atoms with E-state index in [4.69, 9.17) is 43.0 Å². The number of hydrogen-bond donors (Lipinski definition) is 0. The van der Waals surface area contributed by atoms with E-state index in [2.05, 4.69) is 13.8 Å². The van der Waals surface area contributed by atoms with E-state index in [1.807, 2.05) is 90.5 Å². The van der Waals surface area contributed by atoms with E-state index < -0.39 is 82.8 Å². The molecule has 0 N–H and O–H groups in total. The number of carbonyl (C=O) groups is 4. The summed E-state index contributed by atoms with van der Waals surface area (Å²) in [6.07, 6.45) is -6.93. The summed E-state index contributed by atoms with van der Waals surface area (Å²) in [5, 5.41) is 5.09. The lowest BCUT2D eigenvalue weighted by molar-refractivity contribution is -0.294. The van der Waals surface area contributed by atoms with Crippen LogP contribution in [0.2, 0.25) is 0 Å². The minimum Gasteiger partial charge on any atom is -0.489 e. The van der Waals surface area contributed by atoms with Crippen LogP contribution in [-0.4, -0.2) is 77.6 Å². The zero-order valence-corrected chi connectivity index (χ0v) is 44.0. The van der Waals surface area contributed by atoms with Gasteiger partial charge in [0.25, 0.3) is 0 Å². The number of aromatic nitrogens is 2. The maximum absolute atomic E-state index is 14.1. The lowest BCUT2D eigenvalue weighted by atomic mass is 9.93. The number of esters is 4. The molecule has 1 fully saturated rings. The van der Waals surface area contributed by atoms with Gasteiger partial charge in [-0.1, -0.05) is 80.6 Å². The Kier molecular flexibility index (Phi) is 18.1. The second kappa shape index (κ2) is 23.0. The van der Waals surface area contributed by atoms with Gasteiger partial charge in [-0.15, -0.1) is 5.10 Å². The van der Waals surface area contributed by atoms with Crippen molar-refractivity contribution in [2.24, 2.45) is 21.7 Å². The number of carbonyl (C=O) groups excluding carboxylic acids is 4. The van der Waals surface area contributed by atoms with Gasteiger partial charge in [0.1, 0.15) is 25.1 Å². The standard InChI is InChI=1S/C56H76N2O12/c1-35(2)43-41(31-39-26-27-40(30-36(39)3)64-33-38-24-20-17-21-25-38)47(57-58(43)28-29-63-32-37-22-18-16-19-23-37)70-48-46(69-52(62)56(13,14)15)45(68-51(61)55(10,11)12)44(67-50(60)54(7,8)9)42(66-48)34-65-49(59)53(4,5)6/h16-27,30,35,42,44-46,48H,28-29,31-34H2,1-15H3/t42-,44-,45+,46-,48?/m1/s1. The molecule has 1 unspecified atom stereocenters. The van der Waals surface area contributed by atoms with Crippen LogP contribution in [0.25, 0.3) is 0 Å². The van der Waals surface area contributed by atoms with Crippen molar-refractivity contribution in [3.05, 3.63) is 112 Å². The molecule has 0 spiro atoms. The SMILES string of the molecule is Cc1cc(OCc2ccccc2)ccc1Cc1c(OC2O[C@H](COC(=O)C(C)(C)C)[C@@H](OC(=O)C(C)(C)C)[C@H](OC(=O)C(C)(C)C)[C@H]2OC(=O)C(C)(C)C)nn(CCOCc2ccccc2)c1C(C)C. The van der Waals surface area contributed by atoms with Gasteiger partial charge in [-0.2, -0.15) is 0 Å². The van der Waals surface area contributed by atoms with Gasteiger partial charge in [0.2, 0.25) is 18.3 Å². The highest BCUT2D eigenvalue weighted by Gasteiger charge is 2.56. The van der Waals surface area contributed by atoms with Crippen LogP contribution in [0.1, 0.15) is 136 Å². The Balaban J connectivity index is 1.65. The fraction of sp³-hybridized carbons (Fsp3) is 0.554. The number of ether oxygens (including phenoxy) is 8. The normalized spacial score (nSPS) is 18.8. The summed E-state index contributed by atoms with van der Waals surface area (Å²) in [4.78, 5) is 55.2. The molecule has 5 atom stereocenters. The first kappa shape index (κ1) is 55.2. The molecule has 4 aromatic rings. The van der Waals surface area contributed by atoms with Crippen LogP contribution in [0.15, 0.2) is 78.9 Å². The minimum atomic E-state index is -1.54. The zero-order valence-electron chi connectivity index (χ0n) is 44.0. The van der Waals surface area contributed by atoms with E-state index in [1.165, 1.54) is 0 Å². The van der Waals surface area contributed by atoms with Crippen LogP contribution in [0.4, 0.5) is 0 Å². The second-order valence-corrected chi connectivity index (χ2v) is 22.5. The Labute approximate surface area is 415 Å². The fourth-order valence-corrected chi connectivity index (χ4v) is 7.26. The maximum atomic E-state index is 14.1. The summed E-state index contributed by atoms with van der Waals surface area (Å²) in [5.74, 6) is -1.75. The van der Waals surface area contributed by atoms with E-state index in [1.54, 1.807) is 83.1 Å². The first-order valence-electron chi connectivity index (χ1n) is 24.2. The Bertz CT molecular complexity index is 2380. The van der Waals surface area contributed by atoms with E-state index in [-0.39, 0.29) is 11.8 Å². The fourth-order valence-electron chi connectivity index (χ4n) is 7.26. The predicted molar refractivity (Wildman–Crippen MR) is 265 cm³/mol. The van der Waals surface area contributed by atoms with Gasteiger partial charge in [-0.05, 0) is 130 Å². The Morgan fingerprint density at radius 1 is 0.657 bits per heavy atom. The lowest BCUT2D eigenvalue weighted by Crippen LogP contribution is -2.65. The summed E-state index contributed by atoms with van der Waals surface area (Å²) in [5.41, 5.74) is 1.57. The average Bonchev–Trinajstić information content (AvgIpc) is 3.61. The molecule has 382 valence electrons. The Morgan fingerprint density at radius 3 is 1.69 bits per heavy atom. The number of hydrogen-bond acceptors (Lipinski definition) is 13. The van der Waals surface area contributed by atoms with Crippen molar-refractivity contribution in [2.75, 3.05) is 13.2 Å². The highest BCUT2D eigenvalue weighted by atomic mass is 16.7. The van der Waals surface area contributed by atoms with Gasteiger partial charge in [-0.3, -0.25) is 23.9 Å². The third-order valence-corrected chi connectivity index (χ3v) is 11.5. The first-order valence-corrected chi connectivity index (χ1v) is 24.2. The smallest absolute Gasteiger partial charge is 0.311 e. The summed E-state index contributed by atoms with van der Waals surface area (Å²) < 4.78 is 52.5. The van der Waals surface area contributed by atoms with E-state index in [0.717, 1.165) is 33.5 Å². The number of benzene rings is 3. The molecule has 5 rings (SSSR count). The van der Waals surface area contributed by atoms with Gasteiger partial charge in [0.05, 0.1) is 41.4 Å². The summed E-state index contributed by atoms with van der Waals surface area (Å²) in [7, 11) is 0. The maximum Gasteiger partial charge on any atom is 0.311 e. The van der Waals surface area contributed by atoms with Crippen LogP contribution >= 0.6 is 0 Å². The van der Waals surface area contributed by atoms with Crippen molar-refractivity contribution in [1.29, 1.82) is 0 Å². The molecule has 14 heteroatoms. The Hall–Kier alpha value is -5.73. The third kappa shape index (κ3) is 15.1. The molecule has 1 aromatic heterocycles. The molecule has 3 aromatic carbocycles. The molecule has 0 amide bonds. The van der Waals surface area contributed by atoms with Gasteiger partial charge in [0.15, 0.2) is 12.2 Å². The van der Waals surface area contributed by atoms with Gasteiger partial charge >= 0.3 is 23.9 Å². The highest BCUT2D eigenvalue weighted by molar-refractivity contribution is 5.78. The molecule has 1 saturated heterocycles. The third-order valence-electron chi connectivity index (χ3n) is 11.5. The van der Waals surface area contributed by atoms with Crippen LogP contribution in [0.3, 0.4) is 0 Å². The molecule has 1 aliphatic rings. The van der Waals surface area contributed by atoms with Crippen molar-refractivity contribution in [3.8, 4) is 11.6 Å². The molecule has 1 aliphatic heterocycles. The van der Waals surface area contributed by atoms with Gasteiger partial charge in [0, 0.05) is 17.7 Å². The molecule has 70 heavy (non-hydrogen) atoms. The van der Waals surface area contributed by atoms with Crippen LogP contribution in [-0.2, 0) is 73.8 Å². The van der Waals surface area contributed by atoms with Crippen LogP contribution in [0.5, 0.6) is 11.6 Å². The molecule has 2 heterocycles. The molecule has 0 aliphatic carbocycles. The molecule has 0 bridgehead atoms. The Morgan fingerprint density at radius 2 is 1.17 bits per heavy atom. The number of nitrogens with zero attached hydrogens (tertiary/aromatic N) is 2. The topological polar surface area (TPSA) is 160 Å². The molecule has 14 nitrogen and oxygen atoms in total. The van der Waals surface area contributed by atoms with Crippen molar-refractivity contribution in [3.63, 3.8) is 0 Å². The van der Waals surface area contributed by atoms with Crippen molar-refractivity contribution in [1.82, 2.24) is 9.78 Å². The van der Waals surface area contributed by atoms with Crippen molar-refractivity contribution >= 4 is 23.9 Å². The monoisotopic (exact) mass is 969 g/mol.